The standard InChI is InChI=1S/C11H16N2O4/c1-17-7-8(5-6-14)12-11(16)9-3-2-4-10(15)13-9/h2-4,8,14H,5-7H2,1H3,(H,12,16)(H,13,15). The number of amides is 1. The Hall–Kier alpha value is -1.66. The lowest BCUT2D eigenvalue weighted by Gasteiger charge is -2.16. The maximum atomic E-state index is 11.7. The van der Waals surface area contributed by atoms with Crippen molar-refractivity contribution in [1.29, 1.82) is 0 Å². The lowest BCUT2D eigenvalue weighted by molar-refractivity contribution is 0.0873. The topological polar surface area (TPSA) is 91.4 Å². The van der Waals surface area contributed by atoms with Gasteiger partial charge in [0.25, 0.3) is 5.91 Å². The first kappa shape index (κ1) is 13.4. The number of aliphatic hydroxyl groups excluding tert-OH is 1. The van der Waals surface area contributed by atoms with Gasteiger partial charge in [-0.15, -0.1) is 0 Å². The lowest BCUT2D eigenvalue weighted by Crippen LogP contribution is -2.39. The minimum atomic E-state index is -0.391. The molecule has 0 aliphatic rings. The molecule has 17 heavy (non-hydrogen) atoms. The highest BCUT2D eigenvalue weighted by Crippen LogP contribution is 1.96. The van der Waals surface area contributed by atoms with Crippen LogP contribution in [0.1, 0.15) is 16.9 Å². The van der Waals surface area contributed by atoms with Crippen LogP contribution in [0.5, 0.6) is 0 Å². The highest BCUT2D eigenvalue weighted by Gasteiger charge is 2.13. The van der Waals surface area contributed by atoms with Crippen molar-refractivity contribution in [3.8, 4) is 0 Å². The number of hydrogen-bond donors (Lipinski definition) is 3. The first-order chi connectivity index (χ1) is 8.17. The maximum absolute atomic E-state index is 11.7. The molecule has 94 valence electrons. The van der Waals surface area contributed by atoms with E-state index in [4.69, 9.17) is 9.84 Å². The van der Waals surface area contributed by atoms with Crippen LogP contribution >= 0.6 is 0 Å². The molecule has 0 bridgehead atoms. The van der Waals surface area contributed by atoms with Crippen LogP contribution in [0.25, 0.3) is 0 Å². The molecule has 1 amide bonds. The first-order valence-electron chi connectivity index (χ1n) is 5.27. The van der Waals surface area contributed by atoms with Crippen molar-refractivity contribution < 1.29 is 14.6 Å². The molecule has 1 unspecified atom stereocenters. The number of ether oxygens (including phenoxy) is 1. The van der Waals surface area contributed by atoms with Crippen LogP contribution in [0.3, 0.4) is 0 Å². The molecule has 1 atom stereocenters. The van der Waals surface area contributed by atoms with Gasteiger partial charge in [-0.3, -0.25) is 9.59 Å². The number of carbonyl (C=O) groups is 1. The monoisotopic (exact) mass is 240 g/mol. The zero-order valence-electron chi connectivity index (χ0n) is 9.60. The van der Waals surface area contributed by atoms with Crippen molar-refractivity contribution in [2.45, 2.75) is 12.5 Å². The van der Waals surface area contributed by atoms with Crippen LogP contribution in [-0.2, 0) is 4.74 Å². The zero-order valence-corrected chi connectivity index (χ0v) is 9.60. The third-order valence-electron chi connectivity index (χ3n) is 2.19. The van der Waals surface area contributed by atoms with E-state index >= 15 is 0 Å². The van der Waals surface area contributed by atoms with E-state index in [1.807, 2.05) is 0 Å². The molecule has 6 heteroatoms. The summed E-state index contributed by atoms with van der Waals surface area (Å²) in [6.45, 7) is 0.267. The van der Waals surface area contributed by atoms with Gasteiger partial charge in [0.2, 0.25) is 5.56 Å². The summed E-state index contributed by atoms with van der Waals surface area (Å²) in [4.78, 5) is 25.2. The third-order valence-corrected chi connectivity index (χ3v) is 2.19. The normalized spacial score (nSPS) is 12.1. The Bertz CT molecular complexity index is 410. The van der Waals surface area contributed by atoms with Gasteiger partial charge >= 0.3 is 0 Å². The lowest BCUT2D eigenvalue weighted by atomic mass is 10.2. The SMILES string of the molecule is COCC(CCO)NC(=O)c1cccc(=O)[nH]1. The molecule has 0 radical (unpaired) electrons. The Labute approximate surface area is 98.6 Å². The van der Waals surface area contributed by atoms with Crippen LogP contribution in [0.15, 0.2) is 23.0 Å². The number of nitrogens with one attached hydrogen (secondary N) is 2. The van der Waals surface area contributed by atoms with Crippen molar-refractivity contribution in [3.63, 3.8) is 0 Å². The predicted molar refractivity (Wildman–Crippen MR) is 61.9 cm³/mol. The molecule has 0 aromatic carbocycles. The average Bonchev–Trinajstić information content (AvgIpc) is 2.29. The Kier molecular flexibility index (Phi) is 5.38. The van der Waals surface area contributed by atoms with E-state index in [1.54, 1.807) is 0 Å². The summed E-state index contributed by atoms with van der Waals surface area (Å²) in [5.41, 5.74) is -0.139. The summed E-state index contributed by atoms with van der Waals surface area (Å²) < 4.78 is 4.92. The minimum absolute atomic E-state index is 0.0420. The van der Waals surface area contributed by atoms with Gasteiger partial charge in [-0.25, -0.2) is 0 Å². The summed E-state index contributed by atoms with van der Waals surface area (Å²) in [6.07, 6.45) is 0.399. The molecule has 0 saturated carbocycles. The summed E-state index contributed by atoms with van der Waals surface area (Å²) in [7, 11) is 1.51. The van der Waals surface area contributed by atoms with Gasteiger partial charge in [0.1, 0.15) is 5.69 Å². The van der Waals surface area contributed by atoms with Crippen LogP contribution in [-0.4, -0.2) is 42.4 Å². The molecule has 1 aromatic heterocycles. The van der Waals surface area contributed by atoms with E-state index in [0.29, 0.717) is 13.0 Å². The highest BCUT2D eigenvalue weighted by molar-refractivity contribution is 5.92. The fourth-order valence-corrected chi connectivity index (χ4v) is 1.40. The Morgan fingerprint density at radius 2 is 2.35 bits per heavy atom. The zero-order chi connectivity index (χ0) is 12.7. The summed E-state index contributed by atoms with van der Waals surface area (Å²) in [6, 6.07) is 4.07. The number of hydrogen-bond acceptors (Lipinski definition) is 4. The van der Waals surface area contributed by atoms with E-state index in [2.05, 4.69) is 10.3 Å². The summed E-state index contributed by atoms with van der Waals surface area (Å²) in [5.74, 6) is -0.391. The number of methoxy groups -OCH3 is 1. The van der Waals surface area contributed by atoms with Gasteiger partial charge in [0.05, 0.1) is 12.6 Å². The van der Waals surface area contributed by atoms with E-state index < -0.39 is 5.91 Å². The Morgan fingerprint density at radius 3 is 2.94 bits per heavy atom. The third kappa shape index (κ3) is 4.38. The van der Waals surface area contributed by atoms with Crippen LogP contribution in [0.4, 0.5) is 0 Å². The van der Waals surface area contributed by atoms with Crippen molar-refractivity contribution >= 4 is 5.91 Å². The van der Waals surface area contributed by atoms with Crippen LogP contribution in [0.2, 0.25) is 0 Å². The van der Waals surface area contributed by atoms with E-state index in [-0.39, 0.29) is 23.9 Å². The molecule has 1 heterocycles. The molecule has 0 saturated heterocycles. The van der Waals surface area contributed by atoms with Crippen LogP contribution < -0.4 is 10.9 Å². The molecule has 1 rings (SSSR count). The molecule has 0 fully saturated rings. The van der Waals surface area contributed by atoms with Gasteiger partial charge in [-0.2, -0.15) is 0 Å². The second-order valence-electron chi connectivity index (χ2n) is 3.57. The molecule has 0 spiro atoms. The number of pyridine rings is 1. The quantitative estimate of drug-likeness (QED) is 0.625. The Balaban J connectivity index is 2.66. The van der Waals surface area contributed by atoms with Crippen molar-refractivity contribution in [2.75, 3.05) is 20.3 Å². The van der Waals surface area contributed by atoms with Gasteiger partial charge in [0, 0.05) is 19.8 Å². The molecular formula is C11H16N2O4. The second kappa shape index (κ2) is 6.82. The van der Waals surface area contributed by atoms with E-state index in [9.17, 15) is 9.59 Å². The smallest absolute Gasteiger partial charge is 0.268 e. The number of H-pyrrole nitrogens is 1. The Morgan fingerprint density at radius 1 is 1.59 bits per heavy atom. The van der Waals surface area contributed by atoms with E-state index in [0.717, 1.165) is 0 Å². The molecule has 3 N–H and O–H groups in total. The molecule has 6 nitrogen and oxygen atoms in total. The number of carbonyl (C=O) groups excluding carboxylic acids is 1. The average molecular weight is 240 g/mol. The summed E-state index contributed by atoms with van der Waals surface area (Å²) in [5, 5.41) is 11.5. The predicted octanol–water partition coefficient (Wildman–Crippen LogP) is -0.498. The fourth-order valence-electron chi connectivity index (χ4n) is 1.40. The van der Waals surface area contributed by atoms with Gasteiger partial charge < -0.3 is 20.1 Å². The summed E-state index contributed by atoms with van der Waals surface area (Å²) >= 11 is 0. The van der Waals surface area contributed by atoms with Crippen molar-refractivity contribution in [2.24, 2.45) is 0 Å². The number of aliphatic hydroxyl groups is 1. The maximum Gasteiger partial charge on any atom is 0.268 e. The van der Waals surface area contributed by atoms with Crippen LogP contribution in [0, 0.1) is 0 Å². The fraction of sp³-hybridized carbons (Fsp3) is 0.455. The largest absolute Gasteiger partial charge is 0.396 e. The number of aromatic nitrogens is 1. The highest BCUT2D eigenvalue weighted by atomic mass is 16.5. The van der Waals surface area contributed by atoms with Crippen molar-refractivity contribution in [3.05, 3.63) is 34.2 Å². The number of rotatable bonds is 6. The second-order valence-corrected chi connectivity index (χ2v) is 3.57. The van der Waals surface area contributed by atoms with Gasteiger partial charge in [-0.05, 0) is 12.5 Å². The number of aromatic amines is 1. The molecule has 0 aliphatic carbocycles. The van der Waals surface area contributed by atoms with Gasteiger partial charge in [0.15, 0.2) is 0 Å². The van der Waals surface area contributed by atoms with Gasteiger partial charge in [-0.1, -0.05) is 6.07 Å². The molecular weight excluding hydrogens is 224 g/mol. The molecule has 0 aliphatic heterocycles. The molecule has 1 aromatic rings. The van der Waals surface area contributed by atoms with E-state index in [1.165, 1.54) is 25.3 Å². The first-order valence-corrected chi connectivity index (χ1v) is 5.27. The minimum Gasteiger partial charge on any atom is -0.396 e. The van der Waals surface area contributed by atoms with Crippen molar-refractivity contribution in [1.82, 2.24) is 10.3 Å².